The van der Waals surface area contributed by atoms with Crippen LogP contribution in [0.4, 0.5) is 0 Å². The first-order valence-corrected chi connectivity index (χ1v) is 9.90. The average molecular weight is 494 g/mol. The molecule has 1 aromatic rings. The van der Waals surface area contributed by atoms with E-state index < -0.39 is 42.4 Å². The highest BCUT2D eigenvalue weighted by molar-refractivity contribution is 9.10. The zero-order valence-electron chi connectivity index (χ0n) is 14.9. The fourth-order valence-electron chi connectivity index (χ4n) is 1.97. The lowest BCUT2D eigenvalue weighted by Gasteiger charge is -2.18. The van der Waals surface area contributed by atoms with Crippen LogP contribution in [0.15, 0.2) is 21.5 Å². The summed E-state index contributed by atoms with van der Waals surface area (Å²) < 4.78 is 0.262. The van der Waals surface area contributed by atoms with Crippen molar-refractivity contribution in [2.75, 3.05) is 12.3 Å². The second kappa shape index (κ2) is 11.5. The number of carboxylic acids is 2. The maximum atomic E-state index is 12.2. The normalized spacial score (nSPS) is 12.6. The number of nitrogens with two attached hydrogens (primary N) is 1. The summed E-state index contributed by atoms with van der Waals surface area (Å²) >= 11 is 3.98. The number of thioether (sulfide) groups is 1. The van der Waals surface area contributed by atoms with E-state index in [2.05, 4.69) is 26.6 Å². The minimum absolute atomic E-state index is 0.100. The number of phenols is 2. The third-order valence-corrected chi connectivity index (χ3v) is 5.27. The van der Waals surface area contributed by atoms with E-state index in [1.165, 1.54) is 12.1 Å². The van der Waals surface area contributed by atoms with Crippen molar-refractivity contribution >= 4 is 51.4 Å². The van der Waals surface area contributed by atoms with Crippen LogP contribution in [0, 0.1) is 0 Å². The van der Waals surface area contributed by atoms with E-state index in [1.807, 2.05) is 0 Å². The van der Waals surface area contributed by atoms with Crippen molar-refractivity contribution in [1.82, 2.24) is 10.6 Å². The lowest BCUT2D eigenvalue weighted by atomic mass is 10.1. The van der Waals surface area contributed by atoms with Crippen molar-refractivity contribution in [3.8, 4) is 11.5 Å². The van der Waals surface area contributed by atoms with Gasteiger partial charge in [-0.3, -0.25) is 19.2 Å². The van der Waals surface area contributed by atoms with Crippen molar-refractivity contribution in [3.63, 3.8) is 0 Å². The zero-order valence-corrected chi connectivity index (χ0v) is 17.3. The molecular formula is C16H20BrN3O8S. The van der Waals surface area contributed by atoms with Gasteiger partial charge in [-0.05, 0) is 34.5 Å². The molecule has 1 aromatic carbocycles. The first kappa shape index (κ1) is 24.5. The van der Waals surface area contributed by atoms with Gasteiger partial charge in [0.2, 0.25) is 11.8 Å². The Balaban J connectivity index is 2.81. The van der Waals surface area contributed by atoms with E-state index in [9.17, 15) is 29.4 Å². The number of halogens is 1. The topological polar surface area (TPSA) is 199 Å². The van der Waals surface area contributed by atoms with Gasteiger partial charge in [-0.1, -0.05) is 0 Å². The van der Waals surface area contributed by atoms with E-state index in [1.54, 1.807) is 0 Å². The maximum Gasteiger partial charge on any atom is 0.322 e. The van der Waals surface area contributed by atoms with Crippen molar-refractivity contribution < 1.29 is 39.6 Å². The summed E-state index contributed by atoms with van der Waals surface area (Å²) in [5.41, 5.74) is 5.33. The van der Waals surface area contributed by atoms with Gasteiger partial charge in [0.15, 0.2) is 0 Å². The number of nitrogens with one attached hydrogen (secondary N) is 2. The van der Waals surface area contributed by atoms with Crippen molar-refractivity contribution in [2.24, 2.45) is 5.73 Å². The Morgan fingerprint density at radius 1 is 1.14 bits per heavy atom. The molecule has 0 aliphatic rings. The predicted molar refractivity (Wildman–Crippen MR) is 106 cm³/mol. The van der Waals surface area contributed by atoms with Crippen molar-refractivity contribution in [2.45, 2.75) is 29.8 Å². The van der Waals surface area contributed by atoms with E-state index in [-0.39, 0.29) is 39.5 Å². The molecule has 0 saturated heterocycles. The molecule has 160 valence electrons. The van der Waals surface area contributed by atoms with Crippen molar-refractivity contribution in [1.29, 1.82) is 0 Å². The third-order valence-electron chi connectivity index (χ3n) is 3.50. The van der Waals surface area contributed by atoms with Crippen LogP contribution in [0.5, 0.6) is 11.5 Å². The molecule has 0 aromatic heterocycles. The van der Waals surface area contributed by atoms with Crippen LogP contribution in [0.2, 0.25) is 0 Å². The predicted octanol–water partition coefficient (Wildman–Crippen LogP) is -0.170. The highest BCUT2D eigenvalue weighted by Crippen LogP contribution is 2.37. The van der Waals surface area contributed by atoms with Crippen molar-refractivity contribution in [3.05, 3.63) is 16.6 Å². The summed E-state index contributed by atoms with van der Waals surface area (Å²) in [6.45, 7) is -0.663. The zero-order chi connectivity index (χ0) is 22.1. The van der Waals surface area contributed by atoms with Gasteiger partial charge in [0.25, 0.3) is 0 Å². The summed E-state index contributed by atoms with van der Waals surface area (Å²) in [6, 6.07) is 0.0859. The van der Waals surface area contributed by atoms with Crippen LogP contribution < -0.4 is 16.4 Å². The molecule has 0 unspecified atom stereocenters. The third kappa shape index (κ3) is 8.58. The molecule has 0 radical (unpaired) electrons. The maximum absolute atomic E-state index is 12.2. The first-order chi connectivity index (χ1) is 13.5. The number of benzene rings is 1. The molecule has 2 atom stereocenters. The number of carbonyl (C=O) groups is 4. The minimum atomic E-state index is -1.28. The summed E-state index contributed by atoms with van der Waals surface area (Å²) in [5.74, 6) is -4.41. The molecule has 13 heteroatoms. The summed E-state index contributed by atoms with van der Waals surface area (Å²) in [7, 11) is 0. The highest BCUT2D eigenvalue weighted by atomic mass is 79.9. The Bertz CT molecular complexity index is 792. The quantitative estimate of drug-likeness (QED) is 0.160. The Hall–Kier alpha value is -2.51. The van der Waals surface area contributed by atoms with Crippen LogP contribution in [0.25, 0.3) is 0 Å². The van der Waals surface area contributed by atoms with E-state index in [0.29, 0.717) is 0 Å². The van der Waals surface area contributed by atoms with Gasteiger partial charge in [0, 0.05) is 12.2 Å². The lowest BCUT2D eigenvalue weighted by Crippen LogP contribution is -2.49. The molecule has 1 rings (SSSR count). The average Bonchev–Trinajstić information content (AvgIpc) is 2.64. The van der Waals surface area contributed by atoms with Crippen LogP contribution in [-0.4, -0.2) is 68.6 Å². The van der Waals surface area contributed by atoms with E-state index >= 15 is 0 Å². The molecule has 0 heterocycles. The number of phenolic OH excluding ortho intramolecular Hbond substituents is 2. The molecule has 2 amide bonds. The molecule has 0 saturated carbocycles. The molecule has 0 spiro atoms. The lowest BCUT2D eigenvalue weighted by molar-refractivity contribution is -0.139. The van der Waals surface area contributed by atoms with Crippen LogP contribution in [0.3, 0.4) is 0 Å². The van der Waals surface area contributed by atoms with Gasteiger partial charge < -0.3 is 36.8 Å². The van der Waals surface area contributed by atoms with Crippen LogP contribution in [0.1, 0.15) is 12.8 Å². The van der Waals surface area contributed by atoms with E-state index in [0.717, 1.165) is 11.8 Å². The van der Waals surface area contributed by atoms with Gasteiger partial charge in [-0.15, -0.1) is 11.8 Å². The molecule has 0 aliphatic heterocycles. The fourth-order valence-corrected chi connectivity index (χ4v) is 3.28. The standard InChI is InChI=1S/C16H20BrN3O8S/c17-7-3-11(22)12(4-10(7)21)29-6-9(15(26)19-5-14(24)25)20-13(23)2-1-8(18)16(27)28/h3-4,8-9,21-22H,1-2,5-6,18H2,(H,19,26)(H,20,23)(H,24,25)(H,27,28)/t8-,9-/m1/s1. The van der Waals surface area contributed by atoms with E-state index in [4.69, 9.17) is 15.9 Å². The van der Waals surface area contributed by atoms with Gasteiger partial charge in [-0.25, -0.2) is 0 Å². The fraction of sp³-hybridized carbons (Fsp3) is 0.375. The molecule has 11 nitrogen and oxygen atoms in total. The monoisotopic (exact) mass is 493 g/mol. The Labute approximate surface area is 177 Å². The smallest absolute Gasteiger partial charge is 0.322 e. The molecule has 8 N–H and O–H groups in total. The number of aliphatic carboxylic acids is 2. The molecular weight excluding hydrogens is 474 g/mol. The molecule has 0 bridgehead atoms. The van der Waals surface area contributed by atoms with Crippen LogP contribution in [-0.2, 0) is 19.2 Å². The second-order valence-corrected chi connectivity index (χ2v) is 7.71. The minimum Gasteiger partial charge on any atom is -0.507 e. The highest BCUT2D eigenvalue weighted by Gasteiger charge is 2.23. The number of carbonyl (C=O) groups excluding carboxylic acids is 2. The molecule has 0 aliphatic carbocycles. The van der Waals surface area contributed by atoms with Gasteiger partial charge in [0.1, 0.15) is 30.1 Å². The summed E-state index contributed by atoms with van der Waals surface area (Å²) in [6.07, 6.45) is -0.412. The second-order valence-electron chi connectivity index (χ2n) is 5.80. The first-order valence-electron chi connectivity index (χ1n) is 8.12. The van der Waals surface area contributed by atoms with Gasteiger partial charge in [-0.2, -0.15) is 0 Å². The number of carboxylic acid groups (broad SMARTS) is 2. The number of rotatable bonds is 11. The number of hydrogen-bond donors (Lipinski definition) is 7. The Morgan fingerprint density at radius 3 is 2.38 bits per heavy atom. The van der Waals surface area contributed by atoms with Crippen LogP contribution >= 0.6 is 27.7 Å². The Morgan fingerprint density at radius 2 is 1.79 bits per heavy atom. The number of aromatic hydroxyl groups is 2. The van der Waals surface area contributed by atoms with Gasteiger partial charge >= 0.3 is 11.9 Å². The molecule has 0 fully saturated rings. The van der Waals surface area contributed by atoms with Gasteiger partial charge in [0.05, 0.1) is 9.37 Å². The SMILES string of the molecule is N[C@H](CCC(=O)N[C@H](CSc1cc(O)c(Br)cc1O)C(=O)NCC(=O)O)C(=O)O. The Kier molecular flexibility index (Phi) is 9.71. The largest absolute Gasteiger partial charge is 0.507 e. The molecule has 29 heavy (non-hydrogen) atoms. The summed E-state index contributed by atoms with van der Waals surface area (Å²) in [4.78, 5) is 45.8. The number of amides is 2. The summed E-state index contributed by atoms with van der Waals surface area (Å²) in [5, 5.41) is 41.6. The number of hydrogen-bond acceptors (Lipinski definition) is 8.